The Morgan fingerprint density at radius 3 is 2.33 bits per heavy atom. The maximum absolute atomic E-state index is 12.0. The molecule has 1 aliphatic rings. The van der Waals surface area contributed by atoms with Crippen molar-refractivity contribution in [1.29, 1.82) is 0 Å². The van der Waals surface area contributed by atoms with Crippen molar-refractivity contribution in [3.8, 4) is 0 Å². The highest BCUT2D eigenvalue weighted by atomic mass is 16.2. The Balaban J connectivity index is 2.41. The minimum absolute atomic E-state index is 0.190. The second kappa shape index (κ2) is 4.72. The SMILES string of the molecule is CC(=O)[C@H](c1ccccc1)N1C(=O)CC(C)C1=O. The van der Waals surface area contributed by atoms with Gasteiger partial charge in [0.2, 0.25) is 11.8 Å². The van der Waals surface area contributed by atoms with E-state index in [2.05, 4.69) is 0 Å². The van der Waals surface area contributed by atoms with Crippen molar-refractivity contribution in [2.45, 2.75) is 26.3 Å². The maximum Gasteiger partial charge on any atom is 0.233 e. The summed E-state index contributed by atoms with van der Waals surface area (Å²) in [6, 6.07) is 8.15. The monoisotopic (exact) mass is 245 g/mol. The van der Waals surface area contributed by atoms with Gasteiger partial charge in [-0.3, -0.25) is 19.3 Å². The first-order valence-corrected chi connectivity index (χ1v) is 5.93. The lowest BCUT2D eigenvalue weighted by molar-refractivity contribution is -0.146. The van der Waals surface area contributed by atoms with E-state index in [1.165, 1.54) is 6.92 Å². The third-order valence-electron chi connectivity index (χ3n) is 3.17. The Morgan fingerprint density at radius 2 is 1.89 bits per heavy atom. The van der Waals surface area contributed by atoms with Gasteiger partial charge in [0.05, 0.1) is 0 Å². The lowest BCUT2D eigenvalue weighted by Gasteiger charge is -2.24. The first kappa shape index (κ1) is 12.5. The second-order valence-corrected chi connectivity index (χ2v) is 4.63. The molecule has 0 spiro atoms. The molecule has 4 heteroatoms. The number of rotatable bonds is 3. The molecule has 0 aromatic heterocycles. The minimum atomic E-state index is -0.781. The van der Waals surface area contributed by atoms with Crippen LogP contribution in [0.1, 0.15) is 31.9 Å². The molecule has 0 aliphatic carbocycles. The Morgan fingerprint density at radius 1 is 1.28 bits per heavy atom. The van der Waals surface area contributed by atoms with E-state index in [1.807, 2.05) is 6.07 Å². The fourth-order valence-corrected chi connectivity index (χ4v) is 2.28. The zero-order valence-electron chi connectivity index (χ0n) is 10.4. The molecule has 2 rings (SSSR count). The van der Waals surface area contributed by atoms with E-state index in [4.69, 9.17) is 0 Å². The lowest BCUT2D eigenvalue weighted by Crippen LogP contribution is -2.38. The number of benzene rings is 1. The summed E-state index contributed by atoms with van der Waals surface area (Å²) in [5.41, 5.74) is 0.681. The van der Waals surface area contributed by atoms with Gasteiger partial charge >= 0.3 is 0 Å². The summed E-state index contributed by atoms with van der Waals surface area (Å²) in [5.74, 6) is -1.05. The zero-order chi connectivity index (χ0) is 13.3. The van der Waals surface area contributed by atoms with Crippen LogP contribution in [0.15, 0.2) is 30.3 Å². The molecule has 1 aromatic rings. The molecule has 1 aliphatic heterocycles. The van der Waals surface area contributed by atoms with Crippen molar-refractivity contribution in [3.05, 3.63) is 35.9 Å². The Labute approximate surface area is 106 Å². The van der Waals surface area contributed by atoms with Crippen LogP contribution in [0.2, 0.25) is 0 Å². The van der Waals surface area contributed by atoms with E-state index in [9.17, 15) is 14.4 Å². The summed E-state index contributed by atoms with van der Waals surface area (Å²) >= 11 is 0. The van der Waals surface area contributed by atoms with Gasteiger partial charge in [-0.25, -0.2) is 0 Å². The van der Waals surface area contributed by atoms with Crippen molar-refractivity contribution in [1.82, 2.24) is 4.90 Å². The van der Waals surface area contributed by atoms with Crippen LogP contribution in [0.25, 0.3) is 0 Å². The van der Waals surface area contributed by atoms with Crippen LogP contribution in [0, 0.1) is 5.92 Å². The summed E-state index contributed by atoms with van der Waals surface area (Å²) in [7, 11) is 0. The molecule has 2 atom stereocenters. The van der Waals surface area contributed by atoms with E-state index in [-0.39, 0.29) is 29.9 Å². The van der Waals surface area contributed by atoms with Gasteiger partial charge in [-0.05, 0) is 12.5 Å². The largest absolute Gasteiger partial charge is 0.297 e. The summed E-state index contributed by atoms with van der Waals surface area (Å²) in [5, 5.41) is 0. The molecule has 0 radical (unpaired) electrons. The number of amides is 2. The first-order chi connectivity index (χ1) is 8.52. The predicted molar refractivity (Wildman–Crippen MR) is 65.5 cm³/mol. The fourth-order valence-electron chi connectivity index (χ4n) is 2.28. The molecule has 1 aromatic carbocycles. The number of imide groups is 1. The summed E-state index contributed by atoms with van der Waals surface area (Å²) in [6.07, 6.45) is 0.190. The topological polar surface area (TPSA) is 54.5 Å². The number of carbonyl (C=O) groups excluding carboxylic acids is 3. The van der Waals surface area contributed by atoms with Crippen molar-refractivity contribution < 1.29 is 14.4 Å². The number of nitrogens with zero attached hydrogens (tertiary/aromatic N) is 1. The standard InChI is InChI=1S/C14H15NO3/c1-9-8-12(17)15(14(9)18)13(10(2)16)11-6-4-3-5-7-11/h3-7,9,13H,8H2,1-2H3/t9?,13-/m1/s1. The predicted octanol–water partition coefficient (Wildman–Crippen LogP) is 1.71. The van der Waals surface area contributed by atoms with Gasteiger partial charge in [-0.2, -0.15) is 0 Å². The Hall–Kier alpha value is -1.97. The average molecular weight is 245 g/mol. The third-order valence-corrected chi connectivity index (χ3v) is 3.17. The minimum Gasteiger partial charge on any atom is -0.297 e. The number of hydrogen-bond donors (Lipinski definition) is 0. The van der Waals surface area contributed by atoms with E-state index in [1.54, 1.807) is 31.2 Å². The molecule has 1 saturated heterocycles. The molecular weight excluding hydrogens is 230 g/mol. The normalized spacial score (nSPS) is 21.2. The van der Waals surface area contributed by atoms with Gasteiger partial charge in [0, 0.05) is 12.3 Å². The third kappa shape index (κ3) is 2.06. The molecule has 0 N–H and O–H groups in total. The quantitative estimate of drug-likeness (QED) is 0.762. The van der Waals surface area contributed by atoms with Crippen molar-refractivity contribution in [2.75, 3.05) is 0 Å². The van der Waals surface area contributed by atoms with Gasteiger partial charge < -0.3 is 0 Å². The highest BCUT2D eigenvalue weighted by molar-refractivity contribution is 6.06. The zero-order valence-corrected chi connectivity index (χ0v) is 10.4. The maximum atomic E-state index is 12.0. The van der Waals surface area contributed by atoms with Crippen LogP contribution in [0.4, 0.5) is 0 Å². The van der Waals surface area contributed by atoms with Gasteiger partial charge in [0.25, 0.3) is 0 Å². The average Bonchev–Trinajstić information content (AvgIpc) is 2.57. The van der Waals surface area contributed by atoms with E-state index < -0.39 is 6.04 Å². The number of carbonyl (C=O) groups is 3. The van der Waals surface area contributed by atoms with E-state index in [0.717, 1.165) is 4.90 Å². The Bertz CT molecular complexity index is 495. The molecule has 1 unspecified atom stereocenters. The van der Waals surface area contributed by atoms with Gasteiger partial charge in [-0.15, -0.1) is 0 Å². The van der Waals surface area contributed by atoms with Crippen LogP contribution in [0.3, 0.4) is 0 Å². The van der Waals surface area contributed by atoms with E-state index >= 15 is 0 Å². The molecule has 0 saturated carbocycles. The molecule has 1 heterocycles. The van der Waals surface area contributed by atoms with Crippen LogP contribution < -0.4 is 0 Å². The molecular formula is C14H15NO3. The molecule has 1 fully saturated rings. The highest BCUT2D eigenvalue weighted by Crippen LogP contribution is 2.30. The summed E-state index contributed by atoms with van der Waals surface area (Å²) in [6.45, 7) is 3.11. The van der Waals surface area contributed by atoms with Crippen LogP contribution in [0.5, 0.6) is 0 Å². The van der Waals surface area contributed by atoms with Gasteiger partial charge in [-0.1, -0.05) is 37.3 Å². The highest BCUT2D eigenvalue weighted by Gasteiger charge is 2.42. The Kier molecular flexibility index (Phi) is 3.28. The second-order valence-electron chi connectivity index (χ2n) is 4.63. The number of Topliss-reactive ketones (excluding diaryl/α,β-unsaturated/α-hetero) is 1. The molecule has 94 valence electrons. The number of likely N-dealkylation sites (tertiary alicyclic amines) is 1. The van der Waals surface area contributed by atoms with Crippen molar-refractivity contribution in [3.63, 3.8) is 0 Å². The number of hydrogen-bond acceptors (Lipinski definition) is 3. The van der Waals surface area contributed by atoms with Crippen LogP contribution >= 0.6 is 0 Å². The number of ketones is 1. The molecule has 2 amide bonds. The molecule has 18 heavy (non-hydrogen) atoms. The van der Waals surface area contributed by atoms with Crippen LogP contribution in [-0.2, 0) is 14.4 Å². The summed E-state index contributed by atoms with van der Waals surface area (Å²) < 4.78 is 0. The van der Waals surface area contributed by atoms with Gasteiger partial charge in [0.1, 0.15) is 6.04 Å². The summed E-state index contributed by atoms with van der Waals surface area (Å²) in [4.78, 5) is 36.8. The van der Waals surface area contributed by atoms with Crippen molar-refractivity contribution >= 4 is 17.6 Å². The first-order valence-electron chi connectivity index (χ1n) is 5.93. The molecule has 4 nitrogen and oxygen atoms in total. The molecule has 0 bridgehead atoms. The van der Waals surface area contributed by atoms with Crippen molar-refractivity contribution in [2.24, 2.45) is 5.92 Å². The van der Waals surface area contributed by atoms with E-state index in [0.29, 0.717) is 5.56 Å². The fraction of sp³-hybridized carbons (Fsp3) is 0.357. The van der Waals surface area contributed by atoms with Crippen LogP contribution in [-0.4, -0.2) is 22.5 Å². The lowest BCUT2D eigenvalue weighted by atomic mass is 10.0. The smallest absolute Gasteiger partial charge is 0.233 e. The van der Waals surface area contributed by atoms with Gasteiger partial charge in [0.15, 0.2) is 5.78 Å².